The fourth-order valence-corrected chi connectivity index (χ4v) is 8.72. The second-order valence-corrected chi connectivity index (χ2v) is 14.1. The molecule has 0 aromatic heterocycles. The van der Waals surface area contributed by atoms with Crippen LogP contribution in [-0.2, 0) is 6.42 Å². The van der Waals surface area contributed by atoms with E-state index in [1.54, 1.807) is 0 Å². The van der Waals surface area contributed by atoms with Crippen LogP contribution in [0.4, 0.5) is 0 Å². The summed E-state index contributed by atoms with van der Waals surface area (Å²) < 4.78 is 0. The van der Waals surface area contributed by atoms with Gasteiger partial charge in [-0.3, -0.25) is 0 Å². The molecule has 10 aromatic rings. The fourth-order valence-electron chi connectivity index (χ4n) is 8.72. The van der Waals surface area contributed by atoms with Crippen LogP contribution in [0.15, 0.2) is 182 Å². The maximum Gasteiger partial charge on any atom is -0.000112 e. The van der Waals surface area contributed by atoms with Gasteiger partial charge in [-0.05, 0) is 140 Å². The Morgan fingerprint density at radius 1 is 0.235 bits per heavy atom. The zero-order valence-electron chi connectivity index (χ0n) is 28.0. The van der Waals surface area contributed by atoms with Gasteiger partial charge >= 0.3 is 0 Å². The zero-order chi connectivity index (χ0) is 33.5. The lowest BCUT2D eigenvalue weighted by atomic mass is 9.92. The third-order valence-electron chi connectivity index (χ3n) is 11.3. The molecule has 0 atom stereocenters. The molecule has 0 aliphatic heterocycles. The molecule has 10 aromatic carbocycles. The lowest BCUT2D eigenvalue weighted by molar-refractivity contribution is 1.28. The van der Waals surface area contributed by atoms with Crippen molar-refractivity contribution in [2.75, 3.05) is 0 Å². The average molecular weight is 645 g/mol. The van der Waals surface area contributed by atoms with Crippen molar-refractivity contribution in [2.24, 2.45) is 0 Å². The van der Waals surface area contributed by atoms with Gasteiger partial charge in [-0.2, -0.15) is 0 Å². The van der Waals surface area contributed by atoms with Gasteiger partial charge in [-0.15, -0.1) is 0 Å². The van der Waals surface area contributed by atoms with E-state index in [4.69, 9.17) is 0 Å². The highest BCUT2D eigenvalue weighted by Gasteiger charge is 2.23. The van der Waals surface area contributed by atoms with Crippen molar-refractivity contribution < 1.29 is 0 Å². The van der Waals surface area contributed by atoms with Crippen LogP contribution in [-0.4, -0.2) is 0 Å². The van der Waals surface area contributed by atoms with Crippen molar-refractivity contribution in [3.8, 4) is 44.5 Å². The van der Waals surface area contributed by atoms with Gasteiger partial charge in [0.15, 0.2) is 0 Å². The van der Waals surface area contributed by atoms with Gasteiger partial charge in [0, 0.05) is 0 Å². The van der Waals surface area contributed by atoms with Crippen LogP contribution >= 0.6 is 0 Å². The topological polar surface area (TPSA) is 0 Å². The van der Waals surface area contributed by atoms with Crippen LogP contribution in [0.2, 0.25) is 0 Å². The van der Waals surface area contributed by atoms with E-state index < -0.39 is 0 Å². The van der Waals surface area contributed by atoms with Gasteiger partial charge in [0.1, 0.15) is 0 Å². The SMILES string of the molecule is c1cc(-c2ccc3cc(-c4ccc5ccc6c7ccccc7ccc6c5c4)ccc3c2)cc(-c2cccc3c2Cc2c-3ccc3ccccc23)c1. The van der Waals surface area contributed by atoms with E-state index in [1.165, 1.54) is 109 Å². The molecule has 0 fully saturated rings. The molecule has 0 bridgehead atoms. The van der Waals surface area contributed by atoms with Crippen molar-refractivity contribution >= 4 is 53.9 Å². The number of rotatable bonds is 3. The maximum atomic E-state index is 2.37. The molecule has 51 heavy (non-hydrogen) atoms. The Kier molecular flexibility index (Phi) is 6.12. The molecule has 0 saturated heterocycles. The van der Waals surface area contributed by atoms with Gasteiger partial charge in [-0.1, -0.05) is 158 Å². The molecule has 1 aliphatic carbocycles. The molecule has 0 heterocycles. The Balaban J connectivity index is 0.944. The van der Waals surface area contributed by atoms with Crippen LogP contribution in [0.3, 0.4) is 0 Å². The quantitative estimate of drug-likeness (QED) is 0.168. The second-order valence-electron chi connectivity index (χ2n) is 14.1. The van der Waals surface area contributed by atoms with Gasteiger partial charge < -0.3 is 0 Å². The number of fused-ring (bicyclic) bond motifs is 11. The first kappa shape index (κ1) is 28.3. The highest BCUT2D eigenvalue weighted by molar-refractivity contribution is 6.17. The number of hydrogen-bond acceptors (Lipinski definition) is 0. The van der Waals surface area contributed by atoms with Gasteiger partial charge in [0.25, 0.3) is 0 Å². The minimum atomic E-state index is 0.967. The van der Waals surface area contributed by atoms with Gasteiger partial charge in [-0.25, -0.2) is 0 Å². The van der Waals surface area contributed by atoms with E-state index in [9.17, 15) is 0 Å². The first-order valence-electron chi connectivity index (χ1n) is 17.9. The summed E-state index contributed by atoms with van der Waals surface area (Å²) in [4.78, 5) is 0. The van der Waals surface area contributed by atoms with Crippen LogP contribution in [0.1, 0.15) is 11.1 Å². The standard InChI is InChI=1S/C51H32/c1-3-11-42-32(7-1)21-25-47-46(42)24-23-34-15-16-40(30-49(34)47)39-20-19-37-27-36(17-18-38(37)28-39)35-9-5-10-41(29-35)44-13-6-14-45-48-26-22-33-8-2-4-12-43(33)50(48)31-51(44)45/h1-30H,31H2. The second kappa shape index (κ2) is 11.0. The lowest BCUT2D eigenvalue weighted by Crippen LogP contribution is -1.89. The molecule has 0 saturated carbocycles. The summed E-state index contributed by atoms with van der Waals surface area (Å²) in [5.41, 5.74) is 13.2. The molecule has 0 amide bonds. The summed E-state index contributed by atoms with van der Waals surface area (Å²) in [5.74, 6) is 0. The van der Waals surface area contributed by atoms with Crippen LogP contribution in [0.25, 0.3) is 98.4 Å². The molecular weight excluding hydrogens is 613 g/mol. The van der Waals surface area contributed by atoms with E-state index in [0.717, 1.165) is 6.42 Å². The van der Waals surface area contributed by atoms with Crippen molar-refractivity contribution in [2.45, 2.75) is 6.42 Å². The van der Waals surface area contributed by atoms with Crippen molar-refractivity contribution in [1.82, 2.24) is 0 Å². The molecule has 0 unspecified atom stereocenters. The summed E-state index contributed by atoms with van der Waals surface area (Å²) >= 11 is 0. The first-order valence-corrected chi connectivity index (χ1v) is 17.9. The Morgan fingerprint density at radius 2 is 0.745 bits per heavy atom. The molecule has 1 aliphatic rings. The minimum Gasteiger partial charge on any atom is -0.0616 e. The first-order chi connectivity index (χ1) is 25.2. The third-order valence-corrected chi connectivity index (χ3v) is 11.3. The van der Waals surface area contributed by atoms with Gasteiger partial charge in [0.05, 0.1) is 0 Å². The van der Waals surface area contributed by atoms with Crippen LogP contribution in [0, 0.1) is 0 Å². The monoisotopic (exact) mass is 644 g/mol. The summed E-state index contributed by atoms with van der Waals surface area (Å²) in [7, 11) is 0. The normalized spacial score (nSPS) is 12.2. The van der Waals surface area contributed by atoms with E-state index in [2.05, 4.69) is 182 Å². The third kappa shape index (κ3) is 4.47. The average Bonchev–Trinajstić information content (AvgIpc) is 3.60. The highest BCUT2D eigenvalue weighted by Crippen LogP contribution is 2.45. The Bertz CT molecular complexity index is 3050. The fraction of sp³-hybridized carbons (Fsp3) is 0.0196. The minimum absolute atomic E-state index is 0.967. The van der Waals surface area contributed by atoms with E-state index in [-0.39, 0.29) is 0 Å². The molecule has 0 nitrogen and oxygen atoms in total. The lowest BCUT2D eigenvalue weighted by Gasteiger charge is -2.12. The van der Waals surface area contributed by atoms with Crippen molar-refractivity contribution in [3.63, 3.8) is 0 Å². The van der Waals surface area contributed by atoms with Crippen LogP contribution < -0.4 is 0 Å². The van der Waals surface area contributed by atoms with E-state index in [0.29, 0.717) is 0 Å². The molecule has 0 N–H and O–H groups in total. The number of hydrogen-bond donors (Lipinski definition) is 0. The molecule has 0 heteroatoms. The molecule has 236 valence electrons. The summed E-state index contributed by atoms with van der Waals surface area (Å²) in [5, 5.41) is 13.0. The predicted molar refractivity (Wildman–Crippen MR) is 219 cm³/mol. The Labute approximate surface area is 296 Å². The van der Waals surface area contributed by atoms with Crippen molar-refractivity contribution in [1.29, 1.82) is 0 Å². The van der Waals surface area contributed by atoms with Gasteiger partial charge in [0.2, 0.25) is 0 Å². The predicted octanol–water partition coefficient (Wildman–Crippen LogP) is 14.0. The van der Waals surface area contributed by atoms with Crippen molar-refractivity contribution in [3.05, 3.63) is 193 Å². The molecule has 0 spiro atoms. The molecular formula is C51H32. The zero-order valence-corrected chi connectivity index (χ0v) is 28.0. The molecule has 0 radical (unpaired) electrons. The van der Waals surface area contributed by atoms with E-state index in [1.807, 2.05) is 0 Å². The van der Waals surface area contributed by atoms with Crippen LogP contribution in [0.5, 0.6) is 0 Å². The highest BCUT2D eigenvalue weighted by atomic mass is 14.3. The maximum absolute atomic E-state index is 2.37. The largest absolute Gasteiger partial charge is 0.0616 e. The Morgan fingerprint density at radius 3 is 1.53 bits per heavy atom. The summed E-state index contributed by atoms with van der Waals surface area (Å²) in [6, 6.07) is 67.7. The summed E-state index contributed by atoms with van der Waals surface area (Å²) in [6.45, 7) is 0. The van der Waals surface area contributed by atoms with E-state index >= 15 is 0 Å². The summed E-state index contributed by atoms with van der Waals surface area (Å²) in [6.07, 6.45) is 0.967. The molecule has 11 rings (SSSR count). The number of benzene rings is 10. The Hall–Kier alpha value is -6.50. The smallest absolute Gasteiger partial charge is 0.000112 e.